The van der Waals surface area contributed by atoms with Crippen molar-refractivity contribution in [2.45, 2.75) is 31.7 Å². The first-order valence-electron chi connectivity index (χ1n) is 9.87. The van der Waals surface area contributed by atoms with E-state index in [2.05, 4.69) is 11.9 Å². The molecule has 0 atom stereocenters. The zero-order chi connectivity index (χ0) is 20.4. The van der Waals surface area contributed by atoms with Gasteiger partial charge in [0.15, 0.2) is 4.91 Å². The molecule has 29 heavy (non-hydrogen) atoms. The van der Waals surface area contributed by atoms with Crippen LogP contribution in [0.5, 0.6) is 0 Å². The van der Waals surface area contributed by atoms with Crippen LogP contribution in [0.15, 0.2) is 72.2 Å². The highest BCUT2D eigenvalue weighted by Crippen LogP contribution is 2.42. The molecule has 0 saturated heterocycles. The highest BCUT2D eigenvalue weighted by molar-refractivity contribution is 7.97. The van der Waals surface area contributed by atoms with Crippen LogP contribution in [-0.2, 0) is 14.8 Å². The lowest BCUT2D eigenvalue weighted by atomic mass is 9.95. The van der Waals surface area contributed by atoms with Crippen LogP contribution in [0, 0.1) is 0 Å². The Labute approximate surface area is 171 Å². The summed E-state index contributed by atoms with van der Waals surface area (Å²) in [6, 6.07) is 16.6. The Bertz CT molecular complexity index is 1070. The minimum Gasteiger partial charge on any atom is -0.349 e. The smallest absolute Gasteiger partial charge is 0.270 e. The molecule has 0 bridgehead atoms. The fourth-order valence-electron chi connectivity index (χ4n) is 4.15. The van der Waals surface area contributed by atoms with Gasteiger partial charge in [0.1, 0.15) is 0 Å². The highest BCUT2D eigenvalue weighted by atomic mass is 32.2. The molecule has 6 heteroatoms. The molecular formula is C23H24N2O3S. The van der Waals surface area contributed by atoms with Gasteiger partial charge in [-0.2, -0.15) is 0 Å². The summed E-state index contributed by atoms with van der Waals surface area (Å²) in [4.78, 5) is 13.1. The van der Waals surface area contributed by atoms with E-state index >= 15 is 0 Å². The van der Waals surface area contributed by atoms with Gasteiger partial charge in [0, 0.05) is 17.2 Å². The lowest BCUT2D eigenvalue weighted by Crippen LogP contribution is -2.43. The van der Waals surface area contributed by atoms with Crippen molar-refractivity contribution in [3.05, 3.63) is 83.3 Å². The first-order valence-corrected chi connectivity index (χ1v) is 11.3. The van der Waals surface area contributed by atoms with Crippen molar-refractivity contribution in [3.8, 4) is 0 Å². The normalized spacial score (nSPS) is 18.4. The number of fused-ring (bicyclic) bond motifs is 1. The van der Waals surface area contributed by atoms with E-state index in [-0.39, 0.29) is 17.5 Å². The lowest BCUT2D eigenvalue weighted by molar-refractivity contribution is -0.117. The summed E-state index contributed by atoms with van der Waals surface area (Å²) in [6.45, 7) is 3.80. The van der Waals surface area contributed by atoms with Crippen molar-refractivity contribution >= 4 is 27.2 Å². The molecule has 2 aliphatic rings. The highest BCUT2D eigenvalue weighted by Gasteiger charge is 2.41. The summed E-state index contributed by atoms with van der Waals surface area (Å²) in [5.74, 6) is -0.528. The molecule has 150 valence electrons. The Hall–Kier alpha value is -2.86. The average molecular weight is 409 g/mol. The van der Waals surface area contributed by atoms with Gasteiger partial charge in [0.2, 0.25) is 0 Å². The second-order valence-electron chi connectivity index (χ2n) is 7.37. The number of benzene rings is 2. The van der Waals surface area contributed by atoms with Crippen molar-refractivity contribution < 1.29 is 13.2 Å². The molecule has 1 saturated carbocycles. The van der Waals surface area contributed by atoms with Gasteiger partial charge in [-0.15, -0.1) is 6.58 Å². The van der Waals surface area contributed by atoms with E-state index in [1.807, 2.05) is 42.5 Å². The maximum absolute atomic E-state index is 13.6. The number of para-hydroxylation sites is 1. The van der Waals surface area contributed by atoms with E-state index < -0.39 is 15.9 Å². The predicted molar refractivity (Wildman–Crippen MR) is 116 cm³/mol. The molecule has 0 radical (unpaired) electrons. The van der Waals surface area contributed by atoms with Gasteiger partial charge in [0.05, 0.1) is 12.2 Å². The molecule has 1 amide bonds. The minimum absolute atomic E-state index is 0.0206. The standard InChI is InChI=1S/C23H24N2O3S/c1-2-16-25-20-15-9-8-14-19(20)21(17-10-4-3-5-11-17)22(29(25,27)28)23(26)24-18-12-6-7-13-18/h2-5,8-11,14-15,18H,1,6-7,12-13,16H2,(H,24,26). The van der Waals surface area contributed by atoms with E-state index in [1.54, 1.807) is 12.1 Å². The topological polar surface area (TPSA) is 66.5 Å². The van der Waals surface area contributed by atoms with Crippen LogP contribution >= 0.6 is 0 Å². The number of nitrogens with zero attached hydrogens (tertiary/aromatic N) is 1. The van der Waals surface area contributed by atoms with Crippen molar-refractivity contribution in [2.24, 2.45) is 0 Å². The SMILES string of the molecule is C=CCN1c2ccccc2C(c2ccccc2)=C(C(=O)NC2CCCC2)S1(=O)=O. The first kappa shape index (κ1) is 19.5. The lowest BCUT2D eigenvalue weighted by Gasteiger charge is -2.33. The van der Waals surface area contributed by atoms with Gasteiger partial charge in [0.25, 0.3) is 15.9 Å². The third kappa shape index (κ3) is 3.49. The summed E-state index contributed by atoms with van der Waals surface area (Å²) in [5.41, 5.74) is 2.45. The molecule has 0 spiro atoms. The van der Waals surface area contributed by atoms with Crippen LogP contribution in [0.3, 0.4) is 0 Å². The predicted octanol–water partition coefficient (Wildman–Crippen LogP) is 3.84. The zero-order valence-corrected chi connectivity index (χ0v) is 17.0. The summed E-state index contributed by atoms with van der Waals surface area (Å²) >= 11 is 0. The molecule has 1 fully saturated rings. The molecule has 5 nitrogen and oxygen atoms in total. The molecule has 1 N–H and O–H groups in total. The van der Waals surface area contributed by atoms with Crippen LogP contribution in [0.2, 0.25) is 0 Å². The monoisotopic (exact) mass is 408 g/mol. The van der Waals surface area contributed by atoms with Crippen molar-refractivity contribution in [3.63, 3.8) is 0 Å². The Balaban J connectivity index is 1.96. The number of nitrogens with one attached hydrogen (secondary N) is 1. The van der Waals surface area contributed by atoms with Gasteiger partial charge in [-0.05, 0) is 24.5 Å². The van der Waals surface area contributed by atoms with Crippen LogP contribution in [-0.4, -0.2) is 26.9 Å². The van der Waals surface area contributed by atoms with Crippen molar-refractivity contribution in [1.82, 2.24) is 5.32 Å². The van der Waals surface area contributed by atoms with Crippen molar-refractivity contribution in [1.29, 1.82) is 0 Å². The summed E-state index contributed by atoms with van der Waals surface area (Å²) in [6.07, 6.45) is 5.40. The largest absolute Gasteiger partial charge is 0.349 e. The van der Waals surface area contributed by atoms with Crippen LogP contribution in [0.4, 0.5) is 5.69 Å². The Morgan fingerprint density at radius 2 is 1.72 bits per heavy atom. The van der Waals surface area contributed by atoms with E-state index in [4.69, 9.17) is 0 Å². The number of hydrogen-bond donors (Lipinski definition) is 1. The number of rotatable bonds is 5. The van der Waals surface area contributed by atoms with Gasteiger partial charge in [-0.25, -0.2) is 8.42 Å². The minimum atomic E-state index is -4.05. The number of hydrogen-bond acceptors (Lipinski definition) is 3. The Morgan fingerprint density at radius 1 is 1.07 bits per heavy atom. The van der Waals surface area contributed by atoms with E-state index in [1.165, 1.54) is 10.4 Å². The maximum atomic E-state index is 13.6. The number of anilines is 1. The molecule has 1 aliphatic heterocycles. The molecular weight excluding hydrogens is 384 g/mol. The summed E-state index contributed by atoms with van der Waals surface area (Å²) < 4.78 is 28.5. The number of carbonyl (C=O) groups is 1. The van der Waals surface area contributed by atoms with Crippen molar-refractivity contribution in [2.75, 3.05) is 10.8 Å². The summed E-state index contributed by atoms with van der Waals surface area (Å²) in [5, 5.41) is 2.97. The number of carbonyl (C=O) groups excluding carboxylic acids is 1. The first-order chi connectivity index (χ1) is 14.0. The van der Waals surface area contributed by atoms with E-state index in [9.17, 15) is 13.2 Å². The van der Waals surface area contributed by atoms with Crippen LogP contribution in [0.25, 0.3) is 5.57 Å². The fraction of sp³-hybridized carbons (Fsp3) is 0.261. The number of sulfonamides is 1. The van der Waals surface area contributed by atoms with Gasteiger partial charge in [-0.1, -0.05) is 67.4 Å². The van der Waals surface area contributed by atoms with E-state index in [0.29, 0.717) is 16.8 Å². The second-order valence-corrected chi connectivity index (χ2v) is 9.17. The molecule has 0 unspecified atom stereocenters. The average Bonchev–Trinajstić information content (AvgIpc) is 3.23. The Kier molecular flexibility index (Phi) is 5.28. The van der Waals surface area contributed by atoms with Gasteiger partial charge in [-0.3, -0.25) is 9.10 Å². The Morgan fingerprint density at radius 3 is 2.41 bits per heavy atom. The molecule has 0 aromatic heterocycles. The van der Waals surface area contributed by atoms with Crippen LogP contribution < -0.4 is 9.62 Å². The third-order valence-electron chi connectivity index (χ3n) is 5.47. The second kappa shape index (κ2) is 7.87. The molecule has 1 aliphatic carbocycles. The van der Waals surface area contributed by atoms with Crippen LogP contribution in [0.1, 0.15) is 36.8 Å². The van der Waals surface area contributed by atoms with Gasteiger partial charge < -0.3 is 5.32 Å². The molecule has 2 aromatic carbocycles. The number of amides is 1. The quantitative estimate of drug-likeness (QED) is 0.765. The molecule has 1 heterocycles. The zero-order valence-electron chi connectivity index (χ0n) is 16.2. The maximum Gasteiger partial charge on any atom is 0.270 e. The molecule has 2 aromatic rings. The summed E-state index contributed by atoms with van der Waals surface area (Å²) in [7, 11) is -4.05. The van der Waals surface area contributed by atoms with E-state index in [0.717, 1.165) is 31.2 Å². The molecule has 4 rings (SSSR count). The third-order valence-corrected chi connectivity index (χ3v) is 7.30. The van der Waals surface area contributed by atoms with Gasteiger partial charge >= 0.3 is 0 Å². The fourth-order valence-corrected chi connectivity index (χ4v) is 5.87.